The molecule has 0 aliphatic carbocycles. The predicted octanol–water partition coefficient (Wildman–Crippen LogP) is 4.49. The van der Waals surface area contributed by atoms with Crippen LogP contribution in [0.1, 0.15) is 24.0 Å². The Kier molecular flexibility index (Phi) is 4.71. The highest BCUT2D eigenvalue weighted by Crippen LogP contribution is 2.32. The van der Waals surface area contributed by atoms with Gasteiger partial charge in [-0.1, -0.05) is 18.2 Å². The molecule has 2 aromatic carbocycles. The number of fused-ring (bicyclic) bond motifs is 1. The van der Waals surface area contributed by atoms with Crippen LogP contribution in [-0.4, -0.2) is 30.4 Å². The average molecular weight is 408 g/mol. The van der Waals surface area contributed by atoms with E-state index in [1.165, 1.54) is 12.3 Å². The summed E-state index contributed by atoms with van der Waals surface area (Å²) in [6, 6.07) is 11.0. The largest absolute Gasteiger partial charge is 0.416 e. The lowest BCUT2D eigenvalue weighted by atomic mass is 10.1. The zero-order chi connectivity index (χ0) is 19.9. The van der Waals surface area contributed by atoms with Crippen molar-refractivity contribution in [2.75, 3.05) is 13.1 Å². The molecule has 0 saturated carbocycles. The summed E-state index contributed by atoms with van der Waals surface area (Å²) in [6.07, 6.45) is -0.886. The molecule has 0 unspecified atom stereocenters. The van der Waals surface area contributed by atoms with Crippen molar-refractivity contribution in [2.24, 2.45) is 0 Å². The number of nitrogens with zero attached hydrogens (tertiary/aromatic N) is 2. The maximum atomic E-state index is 13.0. The molecule has 1 saturated heterocycles. The van der Waals surface area contributed by atoms with Crippen LogP contribution >= 0.6 is 0 Å². The molecule has 0 radical (unpaired) electrons. The molecule has 4 nitrogen and oxygen atoms in total. The Morgan fingerprint density at radius 3 is 2.39 bits per heavy atom. The molecule has 1 aliphatic heterocycles. The smallest absolute Gasteiger partial charge is 0.299 e. The minimum absolute atomic E-state index is 0.384. The van der Waals surface area contributed by atoms with Gasteiger partial charge in [0.2, 0.25) is 0 Å². The third-order valence-electron chi connectivity index (χ3n) is 5.10. The molecular formula is C20H19F3N2O2S. The Morgan fingerprint density at radius 2 is 1.68 bits per heavy atom. The average Bonchev–Trinajstić information content (AvgIpc) is 3.31. The van der Waals surface area contributed by atoms with E-state index in [9.17, 15) is 21.6 Å². The van der Waals surface area contributed by atoms with Crippen LogP contribution in [0.25, 0.3) is 10.9 Å². The molecule has 0 spiro atoms. The SMILES string of the molecule is O=S(=O)(c1cccc(C(F)(F)F)c1)n1ccc2c(CN3CCCC3)cccc21. The molecule has 4 rings (SSSR count). The second kappa shape index (κ2) is 6.93. The standard InChI is InChI=1S/C20H19F3N2O2S/c21-20(22,23)16-6-4-7-17(13-16)28(26,27)25-12-9-18-15(5-3-8-19(18)25)14-24-10-1-2-11-24/h3-9,12-13H,1-2,10-11,14H2. The van der Waals surface area contributed by atoms with E-state index in [0.717, 1.165) is 59.5 Å². The van der Waals surface area contributed by atoms with Gasteiger partial charge in [-0.3, -0.25) is 4.90 Å². The second-order valence-electron chi connectivity index (χ2n) is 6.98. The van der Waals surface area contributed by atoms with Crippen LogP contribution < -0.4 is 0 Å². The van der Waals surface area contributed by atoms with E-state index in [4.69, 9.17) is 0 Å². The van der Waals surface area contributed by atoms with Gasteiger partial charge in [0.1, 0.15) is 0 Å². The van der Waals surface area contributed by atoms with Gasteiger partial charge in [0.25, 0.3) is 10.0 Å². The van der Waals surface area contributed by atoms with E-state index in [1.54, 1.807) is 18.2 Å². The first kappa shape index (κ1) is 19.0. The minimum Gasteiger partial charge on any atom is -0.299 e. The zero-order valence-electron chi connectivity index (χ0n) is 15.0. The number of halogens is 3. The van der Waals surface area contributed by atoms with Gasteiger partial charge in [0, 0.05) is 18.1 Å². The van der Waals surface area contributed by atoms with Crippen LogP contribution in [-0.2, 0) is 22.7 Å². The van der Waals surface area contributed by atoms with Crippen molar-refractivity contribution in [3.8, 4) is 0 Å². The molecule has 2 heterocycles. The van der Waals surface area contributed by atoms with Crippen LogP contribution in [0.2, 0.25) is 0 Å². The van der Waals surface area contributed by atoms with E-state index < -0.39 is 21.8 Å². The highest BCUT2D eigenvalue weighted by molar-refractivity contribution is 7.90. The van der Waals surface area contributed by atoms with Gasteiger partial charge in [-0.05, 0) is 61.8 Å². The number of likely N-dealkylation sites (tertiary alicyclic amines) is 1. The van der Waals surface area contributed by atoms with E-state index in [0.29, 0.717) is 11.6 Å². The molecule has 1 fully saturated rings. The fourth-order valence-electron chi connectivity index (χ4n) is 3.68. The van der Waals surface area contributed by atoms with Crippen LogP contribution in [0.3, 0.4) is 0 Å². The van der Waals surface area contributed by atoms with Crippen LogP contribution in [0, 0.1) is 0 Å². The summed E-state index contributed by atoms with van der Waals surface area (Å²) in [7, 11) is -4.15. The second-order valence-corrected chi connectivity index (χ2v) is 8.79. The van der Waals surface area contributed by atoms with Gasteiger partial charge in [-0.15, -0.1) is 0 Å². The van der Waals surface area contributed by atoms with E-state index in [1.807, 2.05) is 6.07 Å². The summed E-state index contributed by atoms with van der Waals surface area (Å²) in [5.74, 6) is 0. The summed E-state index contributed by atoms with van der Waals surface area (Å²) in [5, 5.41) is 0.796. The Labute approximate surface area is 161 Å². The molecular weight excluding hydrogens is 389 g/mol. The van der Waals surface area contributed by atoms with Gasteiger partial charge in [-0.25, -0.2) is 12.4 Å². The molecule has 148 valence electrons. The van der Waals surface area contributed by atoms with Crippen molar-refractivity contribution in [3.05, 3.63) is 65.9 Å². The van der Waals surface area contributed by atoms with Crippen molar-refractivity contribution in [1.82, 2.24) is 8.87 Å². The monoisotopic (exact) mass is 408 g/mol. The summed E-state index contributed by atoms with van der Waals surface area (Å²) in [5.41, 5.74) is 0.492. The molecule has 1 aromatic heterocycles. The highest BCUT2D eigenvalue weighted by Gasteiger charge is 2.32. The van der Waals surface area contributed by atoms with Crippen molar-refractivity contribution in [2.45, 2.75) is 30.5 Å². The molecule has 0 N–H and O–H groups in total. The molecule has 0 bridgehead atoms. The summed E-state index contributed by atoms with van der Waals surface area (Å²) < 4.78 is 66.1. The molecule has 0 amide bonds. The highest BCUT2D eigenvalue weighted by atomic mass is 32.2. The van der Waals surface area contributed by atoms with Gasteiger partial charge in [0.05, 0.1) is 16.0 Å². The predicted molar refractivity (Wildman–Crippen MR) is 100 cm³/mol. The minimum atomic E-state index is -4.60. The number of hydrogen-bond acceptors (Lipinski definition) is 3. The summed E-state index contributed by atoms with van der Waals surface area (Å²) in [4.78, 5) is 1.93. The van der Waals surface area contributed by atoms with Gasteiger partial charge >= 0.3 is 6.18 Å². The first-order valence-corrected chi connectivity index (χ1v) is 10.4. The number of aromatic nitrogens is 1. The number of benzene rings is 2. The summed E-state index contributed by atoms with van der Waals surface area (Å²) >= 11 is 0. The van der Waals surface area contributed by atoms with Gasteiger partial charge in [-0.2, -0.15) is 13.2 Å². The molecule has 0 atom stereocenters. The summed E-state index contributed by atoms with van der Waals surface area (Å²) in [6.45, 7) is 2.75. The Balaban J connectivity index is 1.76. The quantitative estimate of drug-likeness (QED) is 0.639. The first-order chi connectivity index (χ1) is 13.3. The molecule has 3 aromatic rings. The molecule has 8 heteroatoms. The van der Waals surface area contributed by atoms with Crippen LogP contribution in [0.5, 0.6) is 0 Å². The Morgan fingerprint density at radius 1 is 0.964 bits per heavy atom. The lowest BCUT2D eigenvalue weighted by Crippen LogP contribution is -2.18. The van der Waals surface area contributed by atoms with E-state index in [2.05, 4.69) is 4.90 Å². The number of rotatable bonds is 4. The van der Waals surface area contributed by atoms with Crippen molar-refractivity contribution < 1.29 is 21.6 Å². The topological polar surface area (TPSA) is 42.3 Å². The number of alkyl halides is 3. The third kappa shape index (κ3) is 3.42. The Hall–Kier alpha value is -2.32. The zero-order valence-corrected chi connectivity index (χ0v) is 15.8. The van der Waals surface area contributed by atoms with E-state index >= 15 is 0 Å². The number of hydrogen-bond donors (Lipinski definition) is 0. The molecule has 28 heavy (non-hydrogen) atoms. The first-order valence-electron chi connectivity index (χ1n) is 9.01. The maximum Gasteiger partial charge on any atom is 0.416 e. The van der Waals surface area contributed by atoms with Crippen molar-refractivity contribution >= 4 is 20.9 Å². The normalized spacial score (nSPS) is 16.1. The lowest BCUT2D eigenvalue weighted by molar-refractivity contribution is -0.137. The van der Waals surface area contributed by atoms with E-state index in [-0.39, 0.29) is 4.90 Å². The maximum absolute atomic E-state index is 13.0. The lowest BCUT2D eigenvalue weighted by Gasteiger charge is -2.15. The van der Waals surface area contributed by atoms with Crippen LogP contribution in [0.15, 0.2) is 59.6 Å². The van der Waals surface area contributed by atoms with Gasteiger partial charge in [0.15, 0.2) is 0 Å². The third-order valence-corrected chi connectivity index (χ3v) is 6.78. The Bertz CT molecular complexity index is 1110. The van der Waals surface area contributed by atoms with Gasteiger partial charge < -0.3 is 0 Å². The van der Waals surface area contributed by atoms with Crippen molar-refractivity contribution in [1.29, 1.82) is 0 Å². The fraction of sp³-hybridized carbons (Fsp3) is 0.300. The van der Waals surface area contributed by atoms with Crippen LogP contribution in [0.4, 0.5) is 13.2 Å². The molecule has 1 aliphatic rings. The fourth-order valence-corrected chi connectivity index (χ4v) is 5.07. The van der Waals surface area contributed by atoms with Crippen molar-refractivity contribution in [3.63, 3.8) is 0 Å².